The lowest BCUT2D eigenvalue weighted by atomic mass is 10.00. The lowest BCUT2D eigenvalue weighted by molar-refractivity contribution is 0.668. The Kier molecular flexibility index (Phi) is 16.0. The van der Waals surface area contributed by atoms with E-state index >= 15 is 0 Å². The zero-order valence-electron chi connectivity index (χ0n) is 66.5. The van der Waals surface area contributed by atoms with Crippen molar-refractivity contribution in [2.75, 3.05) is 0 Å². The molecule has 0 saturated heterocycles. The first-order valence-electron chi connectivity index (χ1n) is 41.7. The summed E-state index contributed by atoms with van der Waals surface area (Å²) in [4.78, 5) is 31.6. The Balaban J connectivity index is 0.000000136. The van der Waals surface area contributed by atoms with Crippen molar-refractivity contribution < 1.29 is 8.83 Å². The molecule has 0 saturated carbocycles. The van der Waals surface area contributed by atoms with Crippen LogP contribution in [-0.2, 0) is 0 Å². The molecule has 0 bridgehead atoms. The molecule has 0 N–H and O–H groups in total. The van der Waals surface area contributed by atoms with Crippen molar-refractivity contribution in [1.29, 1.82) is 0 Å². The van der Waals surface area contributed by atoms with Gasteiger partial charge in [-0.15, -0.1) is 0 Å². The molecule has 26 rings (SSSR count). The van der Waals surface area contributed by atoms with Gasteiger partial charge in [0.2, 0.25) is 11.9 Å². The Bertz CT molecular complexity index is 8800. The molecule has 0 aliphatic carbocycles. The number of nitrogens with zero attached hydrogens (tertiary/aromatic N) is 10. The second-order valence-corrected chi connectivity index (χ2v) is 31.6. The van der Waals surface area contributed by atoms with Crippen molar-refractivity contribution in [2.45, 2.75) is 0 Å². The minimum absolute atomic E-state index is 0.534. The molecule has 8 aromatic heterocycles. The van der Waals surface area contributed by atoms with Gasteiger partial charge >= 0.3 is 0 Å². The third kappa shape index (κ3) is 11.5. The monoisotopic (exact) mass is 1580 g/mol. The van der Waals surface area contributed by atoms with Crippen LogP contribution >= 0.6 is 0 Å². The third-order valence-corrected chi connectivity index (χ3v) is 24.6. The lowest BCUT2D eigenvalue weighted by Crippen LogP contribution is -2.07. The van der Waals surface area contributed by atoms with E-state index in [2.05, 4.69) is 346 Å². The van der Waals surface area contributed by atoms with Crippen LogP contribution in [0.2, 0.25) is 0 Å². The molecular formula is C112H68N10O2. The molecule has 124 heavy (non-hydrogen) atoms. The van der Waals surface area contributed by atoms with Gasteiger partial charge in [-0.25, -0.2) is 9.97 Å². The molecular weight excluding hydrogens is 1520 g/mol. The number of hydrogen-bond acceptors (Lipinski definition) is 8. The molecule has 0 aliphatic heterocycles. The highest BCUT2D eigenvalue weighted by Crippen LogP contribution is 2.46. The summed E-state index contributed by atoms with van der Waals surface area (Å²) in [5.41, 5.74) is 24.4. The van der Waals surface area contributed by atoms with E-state index in [9.17, 15) is 0 Å². The number of para-hydroxylation sites is 6. The minimum atomic E-state index is 0.534. The van der Waals surface area contributed by atoms with Crippen molar-refractivity contribution in [3.8, 4) is 102 Å². The first kappa shape index (κ1) is 70.1. The molecule has 26 aromatic rings. The molecule has 578 valence electrons. The maximum atomic E-state index is 6.36. The molecule has 0 radical (unpaired) electrons. The van der Waals surface area contributed by atoms with E-state index in [4.69, 9.17) is 38.7 Å². The Hall–Kier alpha value is -17.0. The molecule has 0 unspecified atom stereocenters. The van der Waals surface area contributed by atoms with Gasteiger partial charge in [0, 0.05) is 98.3 Å². The summed E-state index contributed by atoms with van der Waals surface area (Å²) in [7, 11) is 0. The Morgan fingerprint density at radius 3 is 0.935 bits per heavy atom. The van der Waals surface area contributed by atoms with E-state index in [-0.39, 0.29) is 0 Å². The first-order valence-corrected chi connectivity index (χ1v) is 41.7. The van der Waals surface area contributed by atoms with Crippen molar-refractivity contribution in [1.82, 2.24) is 48.2 Å². The van der Waals surface area contributed by atoms with Gasteiger partial charge in [0.15, 0.2) is 23.3 Å². The maximum Gasteiger partial charge on any atom is 0.238 e. The molecule has 0 amide bonds. The highest BCUT2D eigenvalue weighted by molar-refractivity contribution is 6.26. The molecule has 0 aliphatic rings. The number of furan rings is 2. The van der Waals surface area contributed by atoms with Gasteiger partial charge < -0.3 is 18.0 Å². The predicted octanol–water partition coefficient (Wildman–Crippen LogP) is 28.8. The number of aromatic nitrogens is 10. The fourth-order valence-electron chi connectivity index (χ4n) is 18.8. The average molecular weight is 1590 g/mol. The van der Waals surface area contributed by atoms with E-state index in [1.165, 1.54) is 43.8 Å². The Morgan fingerprint density at radius 1 is 0.161 bits per heavy atom. The van der Waals surface area contributed by atoms with Gasteiger partial charge in [-0.3, -0.25) is 9.13 Å². The second kappa shape index (κ2) is 28.4. The predicted molar refractivity (Wildman–Crippen MR) is 507 cm³/mol. The van der Waals surface area contributed by atoms with Crippen molar-refractivity contribution in [2.24, 2.45) is 0 Å². The summed E-state index contributed by atoms with van der Waals surface area (Å²) in [5.74, 6) is 3.38. The van der Waals surface area contributed by atoms with Crippen molar-refractivity contribution >= 4 is 142 Å². The van der Waals surface area contributed by atoms with Gasteiger partial charge in [-0.2, -0.15) is 19.9 Å². The van der Waals surface area contributed by atoms with Crippen LogP contribution < -0.4 is 0 Å². The van der Waals surface area contributed by atoms with E-state index < -0.39 is 0 Å². The average Bonchev–Trinajstić information content (AvgIpc) is 1.54. The highest BCUT2D eigenvalue weighted by atomic mass is 16.3. The summed E-state index contributed by atoms with van der Waals surface area (Å²) >= 11 is 0. The summed E-state index contributed by atoms with van der Waals surface area (Å²) in [6, 6.07) is 145. The maximum absolute atomic E-state index is 6.36. The molecule has 18 aromatic carbocycles. The second-order valence-electron chi connectivity index (χ2n) is 31.6. The number of hydrogen-bond donors (Lipinski definition) is 0. The molecule has 12 nitrogen and oxygen atoms in total. The van der Waals surface area contributed by atoms with Crippen LogP contribution in [0, 0.1) is 0 Å². The van der Waals surface area contributed by atoms with Gasteiger partial charge in [0.25, 0.3) is 0 Å². The quantitative estimate of drug-likeness (QED) is 0.125. The first-order chi connectivity index (χ1) is 61.5. The van der Waals surface area contributed by atoms with Crippen LogP contribution in [0.5, 0.6) is 0 Å². The van der Waals surface area contributed by atoms with E-state index in [1.54, 1.807) is 0 Å². The van der Waals surface area contributed by atoms with Gasteiger partial charge in [-0.1, -0.05) is 322 Å². The molecule has 8 heterocycles. The standard InChI is InChI=1S/C57H35N5O.C55H33N5O/c1-3-14-36(15-4-1)37-26-28-38(29-27-37)40-18-13-19-42(34-40)61-49-23-10-7-20-43(49)47-32-33-48-44-21-8-11-24-50(44)62(54(48)53(47)61)57-59-55(39-16-5-2-6-17-39)58-56(60-57)41-30-31-46-45-22-9-12-25-51(45)63-52(46)35-41;1-2-13-36(14-3-1)53-56-54(39-26-29-44-43-18-8-11-21-49(43)61-50(44)33-39)58-55(57-53)60-48-20-10-7-17-42(48)46-31-30-45-41-16-6-9-19-47(41)59(51(45)52(46)60)40-27-24-35(25-28-40)38-23-22-34-12-4-5-15-37(34)32-38/h1-35H;1-33H. The zero-order chi connectivity index (χ0) is 81.5. The fraction of sp³-hybridized carbons (Fsp3) is 0. The summed E-state index contributed by atoms with van der Waals surface area (Å²) in [5, 5.41) is 15.8. The normalized spacial score (nSPS) is 11.9. The Morgan fingerprint density at radius 2 is 0.468 bits per heavy atom. The zero-order valence-corrected chi connectivity index (χ0v) is 66.5. The molecule has 0 fully saturated rings. The van der Waals surface area contributed by atoms with E-state index in [0.717, 1.165) is 165 Å². The van der Waals surface area contributed by atoms with Crippen LogP contribution in [-0.4, -0.2) is 48.2 Å². The van der Waals surface area contributed by atoms with Crippen LogP contribution in [0.1, 0.15) is 0 Å². The third-order valence-electron chi connectivity index (χ3n) is 24.6. The Labute approximate surface area is 709 Å². The number of rotatable bonds is 11. The van der Waals surface area contributed by atoms with Crippen LogP contribution in [0.3, 0.4) is 0 Å². The highest BCUT2D eigenvalue weighted by Gasteiger charge is 2.28. The molecule has 0 spiro atoms. The molecule has 0 atom stereocenters. The van der Waals surface area contributed by atoms with Crippen LogP contribution in [0.4, 0.5) is 0 Å². The van der Waals surface area contributed by atoms with Crippen LogP contribution in [0.25, 0.3) is 244 Å². The topological polar surface area (TPSA) is 123 Å². The van der Waals surface area contributed by atoms with E-state index in [0.29, 0.717) is 35.2 Å². The smallest absolute Gasteiger partial charge is 0.238 e. The summed E-state index contributed by atoms with van der Waals surface area (Å²) in [6.07, 6.45) is 0. The minimum Gasteiger partial charge on any atom is -0.456 e. The van der Waals surface area contributed by atoms with Gasteiger partial charge in [0.05, 0.1) is 44.1 Å². The van der Waals surface area contributed by atoms with Gasteiger partial charge in [0.1, 0.15) is 22.3 Å². The van der Waals surface area contributed by atoms with Crippen molar-refractivity contribution in [3.05, 3.63) is 413 Å². The summed E-state index contributed by atoms with van der Waals surface area (Å²) < 4.78 is 22.0. The van der Waals surface area contributed by atoms with Crippen LogP contribution in [0.15, 0.2) is 421 Å². The number of benzene rings is 18. The molecule has 12 heteroatoms. The van der Waals surface area contributed by atoms with Crippen molar-refractivity contribution in [3.63, 3.8) is 0 Å². The number of fused-ring (bicyclic) bond motifs is 21. The fourth-order valence-corrected chi connectivity index (χ4v) is 18.8. The van der Waals surface area contributed by atoms with E-state index in [1.807, 2.05) is 84.9 Å². The largest absolute Gasteiger partial charge is 0.456 e. The summed E-state index contributed by atoms with van der Waals surface area (Å²) in [6.45, 7) is 0. The lowest BCUT2D eigenvalue weighted by Gasteiger charge is -2.14. The SMILES string of the molecule is c1ccc(-c2ccc(-c3cccc(-n4c5ccccc5c5ccc6c7ccccc7n(-c7nc(-c8ccccc8)nc(-c8ccc9c(c8)oc8ccccc89)n7)c6c54)c3)cc2)cc1.c1ccc(-c2nc(-c3ccc4c(c3)oc3ccccc34)nc(-n3c4ccccc4c4ccc5c6ccccc6n(-c6ccc(-c7ccc8ccccc8c7)cc6)c5c43)n2)cc1. The van der Waals surface area contributed by atoms with Gasteiger partial charge in [-0.05, 0) is 135 Å².